The Morgan fingerprint density at radius 3 is 2.67 bits per heavy atom. The van der Waals surface area contributed by atoms with E-state index in [-0.39, 0.29) is 11.5 Å². The van der Waals surface area contributed by atoms with E-state index in [9.17, 15) is 9.59 Å². The van der Waals surface area contributed by atoms with Crippen molar-refractivity contribution >= 4 is 28.2 Å². The van der Waals surface area contributed by atoms with Gasteiger partial charge in [-0.3, -0.25) is 4.79 Å². The number of anilines is 1. The van der Waals surface area contributed by atoms with E-state index in [0.29, 0.717) is 22.6 Å². The summed E-state index contributed by atoms with van der Waals surface area (Å²) in [7, 11) is 3.35. The fourth-order valence-corrected chi connectivity index (χ4v) is 2.61. The molecule has 0 bridgehead atoms. The van der Waals surface area contributed by atoms with Gasteiger partial charge in [-0.25, -0.2) is 9.78 Å². The molecular formula is C14H23N3O3S. The van der Waals surface area contributed by atoms with Gasteiger partial charge in [-0.15, -0.1) is 0 Å². The molecule has 0 aromatic carbocycles. The van der Waals surface area contributed by atoms with Crippen LogP contribution in [0.3, 0.4) is 0 Å². The number of nitrogens with zero attached hydrogens (tertiary/aromatic N) is 2. The standard InChI is InChI=1S/C14H23N3O3S/c1-6-9(2)17(4)8-7-15-14-16-11(13(19)20-5)12(21-14)10(3)18/h9H,6-8H2,1-5H3,(H,15,16). The summed E-state index contributed by atoms with van der Waals surface area (Å²) in [5.41, 5.74) is 0.0905. The Morgan fingerprint density at radius 2 is 2.14 bits per heavy atom. The van der Waals surface area contributed by atoms with Crippen LogP contribution in [0.25, 0.3) is 0 Å². The molecule has 0 fully saturated rings. The Bertz CT molecular complexity index is 502. The number of ether oxygens (including phenoxy) is 1. The first kappa shape index (κ1) is 17.6. The lowest BCUT2D eigenvalue weighted by atomic mass is 10.2. The van der Waals surface area contributed by atoms with Crippen molar-refractivity contribution in [1.29, 1.82) is 0 Å². The minimum Gasteiger partial charge on any atom is -0.464 e. The molecule has 0 radical (unpaired) electrons. The highest BCUT2D eigenvalue weighted by atomic mass is 32.1. The second kappa shape index (κ2) is 8.09. The van der Waals surface area contributed by atoms with Crippen LogP contribution in [0, 0.1) is 0 Å². The lowest BCUT2D eigenvalue weighted by Crippen LogP contribution is -2.32. The molecule has 118 valence electrons. The number of likely N-dealkylation sites (N-methyl/N-ethyl adjacent to an activating group) is 1. The first-order valence-electron chi connectivity index (χ1n) is 6.94. The van der Waals surface area contributed by atoms with Gasteiger partial charge in [-0.05, 0) is 20.4 Å². The van der Waals surface area contributed by atoms with E-state index in [1.54, 1.807) is 0 Å². The molecule has 1 atom stereocenters. The summed E-state index contributed by atoms with van der Waals surface area (Å²) in [4.78, 5) is 29.9. The molecule has 0 aliphatic rings. The van der Waals surface area contributed by atoms with Gasteiger partial charge < -0.3 is 15.0 Å². The smallest absolute Gasteiger partial charge is 0.358 e. The fraction of sp³-hybridized carbons (Fsp3) is 0.643. The molecule has 0 saturated carbocycles. The van der Waals surface area contributed by atoms with Crippen LogP contribution in [-0.2, 0) is 4.74 Å². The predicted octanol–water partition coefficient (Wildman–Crippen LogP) is 2.27. The maximum atomic E-state index is 11.6. The van der Waals surface area contributed by atoms with Crippen LogP contribution in [0.4, 0.5) is 5.13 Å². The number of esters is 1. The minimum atomic E-state index is -0.582. The number of Topliss-reactive ketones (excluding diaryl/α,β-unsaturated/α-hetero) is 1. The van der Waals surface area contributed by atoms with Gasteiger partial charge in [0.2, 0.25) is 0 Å². The van der Waals surface area contributed by atoms with E-state index in [2.05, 4.69) is 40.8 Å². The van der Waals surface area contributed by atoms with Crippen molar-refractivity contribution in [3.8, 4) is 0 Å². The molecule has 1 aromatic heterocycles. The molecule has 0 amide bonds. The minimum absolute atomic E-state index is 0.0905. The number of carbonyl (C=O) groups excluding carboxylic acids is 2. The molecule has 21 heavy (non-hydrogen) atoms. The predicted molar refractivity (Wildman–Crippen MR) is 84.3 cm³/mol. The van der Waals surface area contributed by atoms with E-state index in [0.717, 1.165) is 13.0 Å². The molecule has 0 aliphatic carbocycles. The maximum absolute atomic E-state index is 11.6. The first-order valence-corrected chi connectivity index (χ1v) is 7.76. The summed E-state index contributed by atoms with van der Waals surface area (Å²) >= 11 is 1.19. The zero-order chi connectivity index (χ0) is 16.0. The topological polar surface area (TPSA) is 71.5 Å². The van der Waals surface area contributed by atoms with Gasteiger partial charge in [0.05, 0.1) is 7.11 Å². The van der Waals surface area contributed by atoms with Gasteiger partial charge in [0.1, 0.15) is 4.88 Å². The van der Waals surface area contributed by atoms with Gasteiger partial charge in [-0.2, -0.15) is 0 Å². The van der Waals surface area contributed by atoms with Crippen molar-refractivity contribution < 1.29 is 14.3 Å². The number of hydrogen-bond acceptors (Lipinski definition) is 7. The summed E-state index contributed by atoms with van der Waals surface area (Å²) in [6.45, 7) is 7.30. The van der Waals surface area contributed by atoms with Crippen LogP contribution < -0.4 is 5.32 Å². The van der Waals surface area contributed by atoms with E-state index < -0.39 is 5.97 Å². The third kappa shape index (κ3) is 4.78. The van der Waals surface area contributed by atoms with Crippen LogP contribution >= 0.6 is 11.3 Å². The van der Waals surface area contributed by atoms with E-state index in [1.807, 2.05) is 0 Å². The molecule has 1 aromatic rings. The van der Waals surface area contributed by atoms with E-state index in [1.165, 1.54) is 25.4 Å². The average molecular weight is 313 g/mol. The Morgan fingerprint density at radius 1 is 1.48 bits per heavy atom. The van der Waals surface area contributed by atoms with Crippen molar-refractivity contribution in [3.05, 3.63) is 10.6 Å². The average Bonchev–Trinajstić information content (AvgIpc) is 2.89. The third-order valence-corrected chi connectivity index (χ3v) is 4.52. The zero-order valence-corrected chi connectivity index (χ0v) is 14.0. The van der Waals surface area contributed by atoms with Gasteiger partial charge in [-0.1, -0.05) is 18.3 Å². The van der Waals surface area contributed by atoms with Crippen LogP contribution in [0.15, 0.2) is 0 Å². The summed E-state index contributed by atoms with van der Waals surface area (Å²) in [6, 6.07) is 0.515. The number of methoxy groups -OCH3 is 1. The summed E-state index contributed by atoms with van der Waals surface area (Å²) in [5.74, 6) is -0.765. The van der Waals surface area contributed by atoms with Gasteiger partial charge >= 0.3 is 5.97 Å². The summed E-state index contributed by atoms with van der Waals surface area (Å²) < 4.78 is 4.65. The SMILES string of the molecule is CCC(C)N(C)CCNc1nc(C(=O)OC)c(C(C)=O)s1. The number of rotatable bonds is 8. The molecule has 1 heterocycles. The quantitative estimate of drug-likeness (QED) is 0.586. The van der Waals surface area contributed by atoms with Crippen LogP contribution in [0.2, 0.25) is 0 Å². The molecule has 1 rings (SSSR count). The molecule has 0 saturated heterocycles. The van der Waals surface area contributed by atoms with E-state index >= 15 is 0 Å². The highest BCUT2D eigenvalue weighted by Crippen LogP contribution is 2.24. The van der Waals surface area contributed by atoms with Crippen molar-refractivity contribution in [3.63, 3.8) is 0 Å². The van der Waals surface area contributed by atoms with Crippen molar-refractivity contribution in [2.75, 3.05) is 32.6 Å². The van der Waals surface area contributed by atoms with Gasteiger partial charge in [0.25, 0.3) is 0 Å². The molecule has 0 aliphatic heterocycles. The molecule has 1 N–H and O–H groups in total. The summed E-state index contributed by atoms with van der Waals surface area (Å²) in [5, 5.41) is 3.72. The van der Waals surface area contributed by atoms with Crippen LogP contribution in [0.5, 0.6) is 0 Å². The number of hydrogen-bond donors (Lipinski definition) is 1. The fourth-order valence-electron chi connectivity index (χ4n) is 1.74. The monoisotopic (exact) mass is 313 g/mol. The summed E-state index contributed by atoms with van der Waals surface area (Å²) in [6.07, 6.45) is 1.09. The van der Waals surface area contributed by atoms with Gasteiger partial charge in [0, 0.05) is 26.1 Å². The number of thiazole rings is 1. The third-order valence-electron chi connectivity index (χ3n) is 3.41. The normalized spacial score (nSPS) is 12.3. The highest BCUT2D eigenvalue weighted by molar-refractivity contribution is 7.17. The Balaban J connectivity index is 2.68. The number of aromatic nitrogens is 1. The second-order valence-electron chi connectivity index (χ2n) is 4.91. The van der Waals surface area contributed by atoms with E-state index in [4.69, 9.17) is 0 Å². The van der Waals surface area contributed by atoms with Crippen molar-refractivity contribution in [2.45, 2.75) is 33.2 Å². The molecule has 7 heteroatoms. The van der Waals surface area contributed by atoms with Crippen LogP contribution in [-0.4, -0.2) is 54.9 Å². The zero-order valence-electron chi connectivity index (χ0n) is 13.2. The second-order valence-corrected chi connectivity index (χ2v) is 5.91. The van der Waals surface area contributed by atoms with Crippen molar-refractivity contribution in [2.24, 2.45) is 0 Å². The van der Waals surface area contributed by atoms with Crippen molar-refractivity contribution in [1.82, 2.24) is 9.88 Å². The Labute approximate surface area is 129 Å². The highest BCUT2D eigenvalue weighted by Gasteiger charge is 2.21. The number of ketones is 1. The number of nitrogens with one attached hydrogen (secondary N) is 1. The molecule has 1 unspecified atom stereocenters. The number of carbonyl (C=O) groups is 2. The molecule has 0 spiro atoms. The first-order chi connectivity index (χ1) is 9.90. The molecule has 6 nitrogen and oxygen atoms in total. The Hall–Kier alpha value is -1.47. The maximum Gasteiger partial charge on any atom is 0.358 e. The lowest BCUT2D eigenvalue weighted by Gasteiger charge is -2.23. The Kier molecular flexibility index (Phi) is 6.77. The van der Waals surface area contributed by atoms with Gasteiger partial charge in [0.15, 0.2) is 16.6 Å². The molecular weight excluding hydrogens is 290 g/mol. The largest absolute Gasteiger partial charge is 0.464 e. The van der Waals surface area contributed by atoms with Crippen LogP contribution in [0.1, 0.15) is 47.4 Å². The lowest BCUT2D eigenvalue weighted by molar-refractivity contribution is 0.0591.